The predicted molar refractivity (Wildman–Crippen MR) is 80.4 cm³/mol. The van der Waals surface area contributed by atoms with Crippen LogP contribution in [0.1, 0.15) is 31.1 Å². The van der Waals surface area contributed by atoms with Gasteiger partial charge in [0, 0.05) is 15.4 Å². The molecule has 2 amide bonds. The number of aromatic carboxylic acids is 1. The second kappa shape index (κ2) is 5.19. The highest BCUT2D eigenvalue weighted by atomic mass is 32.2. The number of carboxylic acids is 1. The summed E-state index contributed by atoms with van der Waals surface area (Å²) in [6, 6.07) is 9.06. The number of carboxylic acid groups (broad SMARTS) is 1. The van der Waals surface area contributed by atoms with E-state index in [0.29, 0.717) is 26.6 Å². The maximum absolute atomic E-state index is 12.2. The van der Waals surface area contributed by atoms with Crippen LogP contribution in [0.25, 0.3) is 0 Å². The normalized spacial score (nSPS) is 12.6. The number of nitrogens with one attached hydrogen (secondary N) is 1. The Morgan fingerprint density at radius 2 is 1.77 bits per heavy atom. The summed E-state index contributed by atoms with van der Waals surface area (Å²) in [6.07, 6.45) is 0. The van der Waals surface area contributed by atoms with Crippen LogP contribution in [0.15, 0.2) is 46.2 Å². The highest BCUT2D eigenvalue weighted by molar-refractivity contribution is 7.99. The van der Waals surface area contributed by atoms with Gasteiger partial charge in [0.1, 0.15) is 0 Å². The summed E-state index contributed by atoms with van der Waals surface area (Å²) < 4.78 is 0. The molecule has 0 spiro atoms. The molecule has 0 radical (unpaired) electrons. The van der Waals surface area contributed by atoms with Gasteiger partial charge in [-0.05, 0) is 36.4 Å². The molecule has 6 nitrogen and oxygen atoms in total. The fraction of sp³-hybridized carbons (Fsp3) is 0. The molecule has 0 fully saturated rings. The topological polar surface area (TPSA) is 109 Å². The number of carbonyl (C=O) groups excluding carboxylic acids is 2. The molecule has 0 unspecified atom stereocenters. The van der Waals surface area contributed by atoms with Crippen molar-refractivity contribution in [1.29, 1.82) is 0 Å². The Bertz CT molecular complexity index is 832. The van der Waals surface area contributed by atoms with Gasteiger partial charge in [-0.2, -0.15) is 0 Å². The maximum atomic E-state index is 12.2. The van der Waals surface area contributed by atoms with Crippen LogP contribution in [0.2, 0.25) is 0 Å². The molecule has 0 aromatic heterocycles. The average Bonchev–Trinajstić information content (AvgIpc) is 2.61. The summed E-state index contributed by atoms with van der Waals surface area (Å²) in [5.74, 6) is -2.01. The zero-order chi connectivity index (χ0) is 15.9. The molecule has 0 bridgehead atoms. The average molecular weight is 314 g/mol. The molecular weight excluding hydrogens is 304 g/mol. The van der Waals surface area contributed by atoms with Gasteiger partial charge in [0.25, 0.3) is 5.91 Å². The molecule has 2 aromatic carbocycles. The first-order chi connectivity index (χ1) is 10.5. The van der Waals surface area contributed by atoms with Gasteiger partial charge < -0.3 is 16.2 Å². The molecule has 0 saturated heterocycles. The Morgan fingerprint density at radius 3 is 2.45 bits per heavy atom. The summed E-state index contributed by atoms with van der Waals surface area (Å²) in [5, 5.41) is 11.7. The Hall–Kier alpha value is -2.80. The van der Waals surface area contributed by atoms with Gasteiger partial charge >= 0.3 is 5.97 Å². The first-order valence-corrected chi connectivity index (χ1v) is 7.08. The Balaban J connectivity index is 2.11. The highest BCUT2D eigenvalue weighted by Gasteiger charge is 2.22. The summed E-state index contributed by atoms with van der Waals surface area (Å²) in [7, 11) is 0. The van der Waals surface area contributed by atoms with Crippen LogP contribution < -0.4 is 11.1 Å². The van der Waals surface area contributed by atoms with Crippen LogP contribution in [-0.4, -0.2) is 22.9 Å². The standard InChI is InChI=1S/C15H10N2O4S/c16-13(18)7-1-3-9-12(6-7)22-11-4-2-8(15(20)21)5-10(11)17-14(9)19/h1-6H,(H2,16,18)(H,17,19)(H,20,21). The van der Waals surface area contributed by atoms with Crippen molar-refractivity contribution in [3.8, 4) is 0 Å². The molecule has 1 aliphatic heterocycles. The van der Waals surface area contributed by atoms with Gasteiger partial charge in [0.15, 0.2) is 0 Å². The smallest absolute Gasteiger partial charge is 0.335 e. The lowest BCUT2D eigenvalue weighted by Gasteiger charge is -2.06. The fourth-order valence-corrected chi connectivity index (χ4v) is 3.15. The van der Waals surface area contributed by atoms with Crippen LogP contribution in [0.3, 0.4) is 0 Å². The van der Waals surface area contributed by atoms with E-state index in [0.717, 1.165) is 0 Å². The number of hydrogen-bond acceptors (Lipinski definition) is 4. The van der Waals surface area contributed by atoms with Gasteiger partial charge in [0.2, 0.25) is 5.91 Å². The van der Waals surface area contributed by atoms with Crippen LogP contribution in [-0.2, 0) is 0 Å². The van der Waals surface area contributed by atoms with E-state index in [-0.39, 0.29) is 11.5 Å². The van der Waals surface area contributed by atoms with Gasteiger partial charge in [-0.1, -0.05) is 11.8 Å². The van der Waals surface area contributed by atoms with Crippen LogP contribution >= 0.6 is 11.8 Å². The first-order valence-electron chi connectivity index (χ1n) is 6.26. The Kier molecular flexibility index (Phi) is 3.34. The summed E-state index contributed by atoms with van der Waals surface area (Å²) in [5.41, 5.74) is 6.48. The minimum absolute atomic E-state index is 0.0865. The van der Waals surface area contributed by atoms with Crippen molar-refractivity contribution in [2.24, 2.45) is 5.73 Å². The molecular formula is C15H10N2O4S. The molecule has 3 rings (SSSR count). The largest absolute Gasteiger partial charge is 0.478 e. The highest BCUT2D eigenvalue weighted by Crippen LogP contribution is 2.39. The van der Waals surface area contributed by atoms with E-state index in [2.05, 4.69) is 5.32 Å². The zero-order valence-electron chi connectivity index (χ0n) is 11.1. The minimum atomic E-state index is -1.07. The van der Waals surface area contributed by atoms with Gasteiger partial charge in [-0.25, -0.2) is 4.79 Å². The zero-order valence-corrected chi connectivity index (χ0v) is 11.9. The van der Waals surface area contributed by atoms with E-state index in [4.69, 9.17) is 10.8 Å². The molecule has 1 aliphatic rings. The van der Waals surface area contributed by atoms with E-state index in [1.54, 1.807) is 12.1 Å². The van der Waals surface area contributed by atoms with Crippen LogP contribution in [0.5, 0.6) is 0 Å². The Morgan fingerprint density at radius 1 is 1.05 bits per heavy atom. The van der Waals surface area contributed by atoms with E-state index >= 15 is 0 Å². The van der Waals surface area contributed by atoms with Crippen molar-refractivity contribution < 1.29 is 19.5 Å². The molecule has 22 heavy (non-hydrogen) atoms. The minimum Gasteiger partial charge on any atom is -0.478 e. The summed E-state index contributed by atoms with van der Waals surface area (Å²) in [6.45, 7) is 0. The fourth-order valence-electron chi connectivity index (χ4n) is 2.11. The van der Waals surface area contributed by atoms with Gasteiger partial charge in [0.05, 0.1) is 16.8 Å². The number of carbonyl (C=O) groups is 3. The monoisotopic (exact) mass is 314 g/mol. The van der Waals surface area contributed by atoms with Crippen molar-refractivity contribution in [2.75, 3.05) is 5.32 Å². The third kappa shape index (κ3) is 2.42. The number of anilines is 1. The number of fused-ring (bicyclic) bond motifs is 2. The van der Waals surface area contributed by atoms with Crippen molar-refractivity contribution >= 4 is 35.2 Å². The molecule has 0 atom stereocenters. The molecule has 2 aromatic rings. The van der Waals surface area contributed by atoms with E-state index in [1.165, 1.54) is 36.0 Å². The lowest BCUT2D eigenvalue weighted by Crippen LogP contribution is -2.14. The van der Waals surface area contributed by atoms with Gasteiger partial charge in [-0.15, -0.1) is 0 Å². The molecule has 4 N–H and O–H groups in total. The van der Waals surface area contributed by atoms with E-state index in [1.807, 2.05) is 0 Å². The van der Waals surface area contributed by atoms with Crippen molar-refractivity contribution in [3.05, 3.63) is 53.1 Å². The van der Waals surface area contributed by atoms with Crippen molar-refractivity contribution in [3.63, 3.8) is 0 Å². The predicted octanol–water partition coefficient (Wildman–Crippen LogP) is 2.20. The SMILES string of the molecule is NC(=O)c1ccc2c(c1)Sc1ccc(C(=O)O)cc1NC2=O. The van der Waals surface area contributed by atoms with E-state index in [9.17, 15) is 14.4 Å². The maximum Gasteiger partial charge on any atom is 0.335 e. The number of rotatable bonds is 2. The number of nitrogens with two attached hydrogens (primary N) is 1. The third-order valence-corrected chi connectivity index (χ3v) is 4.34. The van der Waals surface area contributed by atoms with Gasteiger partial charge in [-0.3, -0.25) is 9.59 Å². The number of primary amides is 1. The summed E-state index contributed by atoms with van der Waals surface area (Å²) in [4.78, 5) is 35.8. The molecule has 110 valence electrons. The second-order valence-corrected chi connectivity index (χ2v) is 5.73. The number of hydrogen-bond donors (Lipinski definition) is 3. The van der Waals surface area contributed by atoms with Crippen LogP contribution in [0, 0.1) is 0 Å². The third-order valence-electron chi connectivity index (χ3n) is 3.21. The molecule has 0 saturated carbocycles. The molecule has 0 aliphatic carbocycles. The lowest BCUT2D eigenvalue weighted by atomic mass is 10.1. The number of amides is 2. The second-order valence-electron chi connectivity index (χ2n) is 4.65. The molecule has 7 heteroatoms. The Labute approximate surface area is 129 Å². The van der Waals surface area contributed by atoms with Crippen molar-refractivity contribution in [1.82, 2.24) is 0 Å². The first kappa shape index (κ1) is 14.2. The molecule has 1 heterocycles. The quantitative estimate of drug-likeness (QED) is 0.787. The summed E-state index contributed by atoms with van der Waals surface area (Å²) >= 11 is 1.28. The van der Waals surface area contributed by atoms with E-state index < -0.39 is 11.9 Å². The number of benzene rings is 2. The van der Waals surface area contributed by atoms with Crippen molar-refractivity contribution in [2.45, 2.75) is 9.79 Å². The lowest BCUT2D eigenvalue weighted by molar-refractivity contribution is 0.0696. The van der Waals surface area contributed by atoms with Crippen LogP contribution in [0.4, 0.5) is 5.69 Å².